The lowest BCUT2D eigenvalue weighted by Crippen LogP contribution is -2.54. The van der Waals surface area contributed by atoms with Crippen molar-refractivity contribution in [2.24, 2.45) is 0 Å². The van der Waals surface area contributed by atoms with Crippen molar-refractivity contribution in [1.29, 1.82) is 0 Å². The van der Waals surface area contributed by atoms with Crippen LogP contribution in [0.3, 0.4) is 0 Å². The molecule has 1 unspecified atom stereocenters. The number of thioether (sulfide) groups is 1. The monoisotopic (exact) mass is 353 g/mol. The van der Waals surface area contributed by atoms with Gasteiger partial charge in [0.1, 0.15) is 5.54 Å². The number of hydrogen-bond donors (Lipinski definition) is 2. The summed E-state index contributed by atoms with van der Waals surface area (Å²) in [6.45, 7) is 2.66. The van der Waals surface area contributed by atoms with E-state index < -0.39 is 17.4 Å². The first-order valence-electron chi connectivity index (χ1n) is 7.97. The van der Waals surface area contributed by atoms with Crippen molar-refractivity contribution in [2.75, 3.05) is 25.2 Å². The SMILES string of the molecule is CCCCOc1ccc(C(=O)NC2(C(=O)O)CCSC2)cc1OC. The number of benzene rings is 1. The predicted molar refractivity (Wildman–Crippen MR) is 93.2 cm³/mol. The summed E-state index contributed by atoms with van der Waals surface area (Å²) < 4.78 is 10.9. The topological polar surface area (TPSA) is 84.9 Å². The minimum atomic E-state index is -1.19. The number of carboxylic acid groups (broad SMARTS) is 1. The number of carbonyl (C=O) groups is 2. The molecule has 1 aliphatic rings. The van der Waals surface area contributed by atoms with Crippen LogP contribution in [0.1, 0.15) is 36.5 Å². The van der Waals surface area contributed by atoms with Gasteiger partial charge in [-0.05, 0) is 36.8 Å². The van der Waals surface area contributed by atoms with Gasteiger partial charge in [0.05, 0.1) is 13.7 Å². The molecule has 0 spiro atoms. The van der Waals surface area contributed by atoms with Crippen molar-refractivity contribution in [3.63, 3.8) is 0 Å². The number of unbranched alkanes of at least 4 members (excludes halogenated alkanes) is 1. The molecule has 2 rings (SSSR count). The number of rotatable bonds is 8. The van der Waals surface area contributed by atoms with Crippen LogP contribution in [0.25, 0.3) is 0 Å². The first-order valence-corrected chi connectivity index (χ1v) is 9.12. The second-order valence-electron chi connectivity index (χ2n) is 5.71. The smallest absolute Gasteiger partial charge is 0.330 e. The second-order valence-corrected chi connectivity index (χ2v) is 6.82. The molecule has 24 heavy (non-hydrogen) atoms. The summed E-state index contributed by atoms with van der Waals surface area (Å²) >= 11 is 1.53. The standard InChI is InChI=1S/C17H23NO5S/c1-3-4-8-23-13-6-5-12(10-14(13)22-2)15(19)18-17(16(20)21)7-9-24-11-17/h5-6,10H,3-4,7-9,11H2,1-2H3,(H,18,19)(H,20,21). The van der Waals surface area contributed by atoms with Crippen molar-refractivity contribution in [3.05, 3.63) is 23.8 Å². The second kappa shape index (κ2) is 8.28. The van der Waals surface area contributed by atoms with Gasteiger partial charge in [-0.2, -0.15) is 11.8 Å². The normalized spacial score (nSPS) is 19.8. The summed E-state index contributed by atoms with van der Waals surface area (Å²) in [5.41, 5.74) is -0.835. The molecule has 0 bridgehead atoms. The predicted octanol–water partition coefficient (Wildman–Crippen LogP) is 2.56. The molecule has 2 N–H and O–H groups in total. The summed E-state index contributed by atoms with van der Waals surface area (Å²) in [4.78, 5) is 24.0. The molecular weight excluding hydrogens is 330 g/mol. The van der Waals surface area contributed by atoms with E-state index in [0.717, 1.165) is 18.6 Å². The van der Waals surface area contributed by atoms with Gasteiger partial charge in [0.25, 0.3) is 5.91 Å². The van der Waals surface area contributed by atoms with E-state index in [0.29, 0.717) is 35.8 Å². The Labute approximate surface area is 145 Å². The number of aliphatic carboxylic acids is 1. The zero-order chi connectivity index (χ0) is 17.6. The number of carboxylic acids is 1. The Morgan fingerprint density at radius 1 is 1.38 bits per heavy atom. The highest BCUT2D eigenvalue weighted by molar-refractivity contribution is 7.99. The highest BCUT2D eigenvalue weighted by Crippen LogP contribution is 2.31. The quantitative estimate of drug-likeness (QED) is 0.699. The summed E-state index contributed by atoms with van der Waals surface area (Å²) in [6, 6.07) is 4.88. The molecule has 1 amide bonds. The van der Waals surface area contributed by atoms with Gasteiger partial charge in [-0.25, -0.2) is 4.79 Å². The third-order valence-electron chi connectivity index (χ3n) is 3.97. The van der Waals surface area contributed by atoms with E-state index in [-0.39, 0.29) is 0 Å². The number of hydrogen-bond acceptors (Lipinski definition) is 5. The molecule has 1 heterocycles. The maximum Gasteiger partial charge on any atom is 0.330 e. The lowest BCUT2D eigenvalue weighted by molar-refractivity contribution is -0.143. The van der Waals surface area contributed by atoms with Crippen LogP contribution in [0.4, 0.5) is 0 Å². The molecule has 0 saturated carbocycles. The fourth-order valence-electron chi connectivity index (χ4n) is 2.43. The zero-order valence-electron chi connectivity index (χ0n) is 14.0. The van der Waals surface area contributed by atoms with Crippen LogP contribution in [-0.4, -0.2) is 47.7 Å². The Kier molecular flexibility index (Phi) is 6.36. The van der Waals surface area contributed by atoms with E-state index in [2.05, 4.69) is 12.2 Å². The number of nitrogens with one attached hydrogen (secondary N) is 1. The Bertz CT molecular complexity index is 599. The third-order valence-corrected chi connectivity index (χ3v) is 5.15. The largest absolute Gasteiger partial charge is 0.493 e. The van der Waals surface area contributed by atoms with Gasteiger partial charge in [-0.1, -0.05) is 13.3 Å². The van der Waals surface area contributed by atoms with Crippen LogP contribution in [0.2, 0.25) is 0 Å². The van der Waals surface area contributed by atoms with Crippen molar-refractivity contribution in [3.8, 4) is 11.5 Å². The summed E-state index contributed by atoms with van der Waals surface area (Å²) in [5.74, 6) is 0.727. The van der Waals surface area contributed by atoms with Crippen LogP contribution in [0.5, 0.6) is 11.5 Å². The van der Waals surface area contributed by atoms with Crippen molar-refractivity contribution in [1.82, 2.24) is 5.32 Å². The van der Waals surface area contributed by atoms with E-state index in [1.54, 1.807) is 18.2 Å². The third kappa shape index (κ3) is 4.14. The van der Waals surface area contributed by atoms with Crippen LogP contribution in [0.15, 0.2) is 18.2 Å². The molecule has 1 aromatic carbocycles. The van der Waals surface area contributed by atoms with Gasteiger partial charge in [0, 0.05) is 11.3 Å². The average molecular weight is 353 g/mol. The Balaban J connectivity index is 2.13. The highest BCUT2D eigenvalue weighted by atomic mass is 32.2. The Morgan fingerprint density at radius 3 is 2.75 bits per heavy atom. The Hall–Kier alpha value is -1.89. The molecule has 0 radical (unpaired) electrons. The summed E-state index contributed by atoms with van der Waals surface area (Å²) in [6.07, 6.45) is 2.39. The van der Waals surface area contributed by atoms with E-state index in [1.165, 1.54) is 18.9 Å². The minimum Gasteiger partial charge on any atom is -0.493 e. The van der Waals surface area contributed by atoms with Gasteiger partial charge in [0.2, 0.25) is 0 Å². The first kappa shape index (κ1) is 18.4. The number of ether oxygens (including phenoxy) is 2. The maximum atomic E-state index is 12.5. The van der Waals surface area contributed by atoms with Crippen molar-refractivity contribution in [2.45, 2.75) is 31.7 Å². The molecule has 0 aliphatic carbocycles. The van der Waals surface area contributed by atoms with Crippen LogP contribution >= 0.6 is 11.8 Å². The fraction of sp³-hybridized carbons (Fsp3) is 0.529. The summed E-state index contributed by atoms with van der Waals surface area (Å²) in [5, 5.41) is 12.1. The molecule has 1 atom stereocenters. The lowest BCUT2D eigenvalue weighted by atomic mass is 9.98. The molecular formula is C17H23NO5S. The van der Waals surface area contributed by atoms with E-state index >= 15 is 0 Å². The van der Waals surface area contributed by atoms with Gasteiger partial charge >= 0.3 is 5.97 Å². The molecule has 0 aromatic heterocycles. The zero-order valence-corrected chi connectivity index (χ0v) is 14.8. The van der Waals surface area contributed by atoms with E-state index in [4.69, 9.17) is 9.47 Å². The Morgan fingerprint density at radius 2 is 2.17 bits per heavy atom. The fourth-order valence-corrected chi connectivity index (χ4v) is 3.76. The van der Waals surface area contributed by atoms with Crippen LogP contribution in [0, 0.1) is 0 Å². The van der Waals surface area contributed by atoms with E-state index in [1.807, 2.05) is 0 Å². The molecule has 132 valence electrons. The highest BCUT2D eigenvalue weighted by Gasteiger charge is 2.43. The molecule has 1 fully saturated rings. The first-order chi connectivity index (χ1) is 11.5. The van der Waals surface area contributed by atoms with Gasteiger partial charge in [-0.15, -0.1) is 0 Å². The van der Waals surface area contributed by atoms with Crippen LogP contribution < -0.4 is 14.8 Å². The van der Waals surface area contributed by atoms with Crippen molar-refractivity contribution < 1.29 is 24.2 Å². The molecule has 7 heteroatoms. The molecule has 1 aliphatic heterocycles. The van der Waals surface area contributed by atoms with Gasteiger partial charge in [-0.3, -0.25) is 4.79 Å². The van der Waals surface area contributed by atoms with Crippen molar-refractivity contribution >= 4 is 23.6 Å². The van der Waals surface area contributed by atoms with Gasteiger partial charge < -0.3 is 19.9 Å². The molecule has 1 aromatic rings. The van der Waals surface area contributed by atoms with Gasteiger partial charge in [0.15, 0.2) is 11.5 Å². The lowest BCUT2D eigenvalue weighted by Gasteiger charge is -2.24. The average Bonchev–Trinajstić information content (AvgIpc) is 3.05. The van der Waals surface area contributed by atoms with E-state index in [9.17, 15) is 14.7 Å². The number of carbonyl (C=O) groups excluding carboxylic acids is 1. The molecule has 1 saturated heterocycles. The number of methoxy groups -OCH3 is 1. The maximum absolute atomic E-state index is 12.5. The minimum absolute atomic E-state index is 0.354. The van der Waals surface area contributed by atoms with Crippen LogP contribution in [-0.2, 0) is 4.79 Å². The number of amides is 1. The summed E-state index contributed by atoms with van der Waals surface area (Å²) in [7, 11) is 1.51. The molecule has 6 nitrogen and oxygen atoms in total.